The summed E-state index contributed by atoms with van der Waals surface area (Å²) in [7, 11) is 0. The van der Waals surface area contributed by atoms with Gasteiger partial charge >= 0.3 is 0 Å². The number of carbonyl (C=O) groups is 1. The molecule has 7 heteroatoms. The molecule has 1 aliphatic carbocycles. The monoisotopic (exact) mass is 351 g/mol. The largest absolute Gasteiger partial charge is 0.442 e. The molecule has 7 nitrogen and oxygen atoms in total. The maximum Gasteiger partial charge on any atom is 0.255 e. The number of fused-ring (bicyclic) bond motifs is 1. The number of hydrogen-bond acceptors (Lipinski definition) is 6. The molecule has 26 heavy (non-hydrogen) atoms. The lowest BCUT2D eigenvalue weighted by atomic mass is 10.1. The van der Waals surface area contributed by atoms with Crippen molar-refractivity contribution in [3.05, 3.63) is 47.2 Å². The Labute approximate surface area is 151 Å². The zero-order chi connectivity index (χ0) is 18.3. The Morgan fingerprint density at radius 2 is 2.08 bits per heavy atom. The van der Waals surface area contributed by atoms with Gasteiger partial charge in [0.2, 0.25) is 5.71 Å². The smallest absolute Gasteiger partial charge is 0.255 e. The quantitative estimate of drug-likeness (QED) is 0.733. The first kappa shape index (κ1) is 16.5. The van der Waals surface area contributed by atoms with Gasteiger partial charge in [0.25, 0.3) is 5.91 Å². The molecule has 1 amide bonds. The highest BCUT2D eigenvalue weighted by molar-refractivity contribution is 6.10. The van der Waals surface area contributed by atoms with Gasteiger partial charge < -0.3 is 15.1 Å². The Balaban J connectivity index is 1.64. The minimum absolute atomic E-state index is 0.0334. The molecule has 1 fully saturated rings. The minimum Gasteiger partial charge on any atom is -0.442 e. The second kappa shape index (κ2) is 6.09. The molecule has 3 aromatic heterocycles. The van der Waals surface area contributed by atoms with E-state index in [1.807, 2.05) is 25.1 Å². The number of pyridine rings is 1. The molecule has 0 saturated heterocycles. The molecular formula is C19H21N5O2. The lowest BCUT2D eigenvalue weighted by Crippen LogP contribution is -2.24. The van der Waals surface area contributed by atoms with E-state index in [1.54, 1.807) is 6.92 Å². The molecule has 0 atom stereocenters. The highest BCUT2D eigenvalue weighted by Crippen LogP contribution is 2.40. The maximum atomic E-state index is 12.9. The van der Waals surface area contributed by atoms with Crippen molar-refractivity contribution in [1.29, 1.82) is 0 Å². The third-order valence-electron chi connectivity index (χ3n) is 4.69. The van der Waals surface area contributed by atoms with Gasteiger partial charge in [-0.25, -0.2) is 9.97 Å². The van der Waals surface area contributed by atoms with E-state index in [1.165, 1.54) is 6.33 Å². The van der Waals surface area contributed by atoms with Crippen LogP contribution >= 0.6 is 0 Å². The van der Waals surface area contributed by atoms with Crippen molar-refractivity contribution in [1.82, 2.24) is 20.3 Å². The number of nitrogens with one attached hydrogen (secondary N) is 2. The molecule has 4 rings (SSSR count). The van der Waals surface area contributed by atoms with Crippen molar-refractivity contribution in [2.75, 3.05) is 5.32 Å². The summed E-state index contributed by atoms with van der Waals surface area (Å²) in [4.78, 5) is 25.8. The van der Waals surface area contributed by atoms with Gasteiger partial charge in [0, 0.05) is 11.2 Å². The van der Waals surface area contributed by atoms with E-state index < -0.39 is 0 Å². The van der Waals surface area contributed by atoms with Crippen LogP contribution in [-0.4, -0.2) is 26.4 Å². The van der Waals surface area contributed by atoms with Crippen LogP contribution in [0.4, 0.5) is 5.82 Å². The van der Waals surface area contributed by atoms with Crippen LogP contribution in [0, 0.1) is 13.8 Å². The fourth-order valence-electron chi connectivity index (χ4n) is 2.97. The molecule has 0 aliphatic heterocycles. The molecule has 0 aromatic carbocycles. The van der Waals surface area contributed by atoms with Crippen LogP contribution in [0.1, 0.15) is 47.3 Å². The van der Waals surface area contributed by atoms with Crippen LogP contribution in [0.25, 0.3) is 11.1 Å². The Bertz CT molecular complexity index is 991. The van der Waals surface area contributed by atoms with Crippen molar-refractivity contribution in [3.8, 4) is 0 Å². The van der Waals surface area contributed by atoms with Gasteiger partial charge in [0.15, 0.2) is 0 Å². The number of furan rings is 1. The molecule has 2 N–H and O–H groups in total. The third-order valence-corrected chi connectivity index (χ3v) is 4.69. The van der Waals surface area contributed by atoms with Crippen molar-refractivity contribution in [2.24, 2.45) is 0 Å². The number of aryl methyl sites for hydroxylation is 2. The Morgan fingerprint density at radius 1 is 1.27 bits per heavy atom. The van der Waals surface area contributed by atoms with Crippen LogP contribution in [0.15, 0.2) is 28.9 Å². The first-order valence-electron chi connectivity index (χ1n) is 8.68. The fourth-order valence-corrected chi connectivity index (χ4v) is 2.97. The number of anilines is 1. The molecule has 1 aliphatic rings. The van der Waals surface area contributed by atoms with Crippen LogP contribution in [0.5, 0.6) is 0 Å². The molecule has 3 heterocycles. The molecular weight excluding hydrogens is 330 g/mol. The van der Waals surface area contributed by atoms with Crippen LogP contribution < -0.4 is 10.6 Å². The van der Waals surface area contributed by atoms with Gasteiger partial charge in [-0.15, -0.1) is 0 Å². The molecule has 3 aromatic rings. The van der Waals surface area contributed by atoms with E-state index >= 15 is 0 Å². The topological polar surface area (TPSA) is 92.9 Å². The van der Waals surface area contributed by atoms with Crippen molar-refractivity contribution < 1.29 is 9.21 Å². The van der Waals surface area contributed by atoms with Gasteiger partial charge in [-0.1, -0.05) is 6.07 Å². The summed E-state index contributed by atoms with van der Waals surface area (Å²) in [6, 6.07) is 5.74. The average Bonchev–Trinajstić information content (AvgIpc) is 3.21. The van der Waals surface area contributed by atoms with E-state index in [9.17, 15) is 4.79 Å². The molecule has 0 radical (unpaired) electrons. The van der Waals surface area contributed by atoms with Crippen molar-refractivity contribution in [3.63, 3.8) is 0 Å². The lowest BCUT2D eigenvalue weighted by Gasteiger charge is -2.13. The van der Waals surface area contributed by atoms with E-state index in [2.05, 4.69) is 32.5 Å². The standard InChI is InChI=1S/C19H21N5O2/c1-11-5-4-6-13(23-11)9-20-17(25)14-12(2)26-18-15(14)16(21-10-22-18)24-19(3)7-8-19/h4-6,10H,7-9H2,1-3H3,(H,20,25)(H,21,22,24). The summed E-state index contributed by atoms with van der Waals surface area (Å²) in [6.07, 6.45) is 3.61. The first-order valence-corrected chi connectivity index (χ1v) is 8.68. The van der Waals surface area contributed by atoms with Crippen LogP contribution in [0.2, 0.25) is 0 Å². The van der Waals surface area contributed by atoms with Gasteiger partial charge in [0.1, 0.15) is 17.9 Å². The Morgan fingerprint density at radius 3 is 2.81 bits per heavy atom. The van der Waals surface area contributed by atoms with Crippen LogP contribution in [0.3, 0.4) is 0 Å². The maximum absolute atomic E-state index is 12.9. The summed E-state index contributed by atoms with van der Waals surface area (Å²) < 4.78 is 5.70. The molecule has 0 bridgehead atoms. The molecule has 0 unspecified atom stereocenters. The Kier molecular flexibility index (Phi) is 3.86. The number of rotatable bonds is 5. The normalized spacial score (nSPS) is 15.0. The summed E-state index contributed by atoms with van der Waals surface area (Å²) in [6.45, 7) is 6.18. The summed E-state index contributed by atoms with van der Waals surface area (Å²) >= 11 is 0. The number of hydrogen-bond donors (Lipinski definition) is 2. The summed E-state index contributed by atoms with van der Waals surface area (Å²) in [5, 5.41) is 6.98. The number of carbonyl (C=O) groups excluding carboxylic acids is 1. The second-order valence-corrected chi connectivity index (χ2v) is 7.07. The predicted molar refractivity (Wildman–Crippen MR) is 97.9 cm³/mol. The van der Waals surface area contributed by atoms with E-state index in [-0.39, 0.29) is 11.4 Å². The number of aromatic nitrogens is 3. The average molecular weight is 351 g/mol. The third kappa shape index (κ3) is 3.12. The van der Waals surface area contributed by atoms with E-state index in [4.69, 9.17) is 4.42 Å². The molecule has 0 spiro atoms. The zero-order valence-electron chi connectivity index (χ0n) is 15.1. The number of nitrogens with zero attached hydrogens (tertiary/aromatic N) is 3. The highest BCUT2D eigenvalue weighted by Gasteiger charge is 2.38. The van der Waals surface area contributed by atoms with E-state index in [0.29, 0.717) is 34.8 Å². The zero-order valence-corrected chi connectivity index (χ0v) is 15.1. The van der Waals surface area contributed by atoms with Crippen LogP contribution in [-0.2, 0) is 6.54 Å². The SMILES string of the molecule is Cc1cccc(CNC(=O)c2c(C)oc3ncnc(NC4(C)CC4)c23)n1. The Hall–Kier alpha value is -2.96. The van der Waals surface area contributed by atoms with Gasteiger partial charge in [-0.2, -0.15) is 0 Å². The first-order chi connectivity index (χ1) is 12.5. The summed E-state index contributed by atoms with van der Waals surface area (Å²) in [5.41, 5.74) is 2.65. The highest BCUT2D eigenvalue weighted by atomic mass is 16.3. The second-order valence-electron chi connectivity index (χ2n) is 7.07. The fraction of sp³-hybridized carbons (Fsp3) is 0.368. The predicted octanol–water partition coefficient (Wildman–Crippen LogP) is 3.13. The molecule has 134 valence electrons. The van der Waals surface area contributed by atoms with Gasteiger partial charge in [-0.05, 0) is 45.7 Å². The van der Waals surface area contributed by atoms with E-state index in [0.717, 1.165) is 24.2 Å². The molecule has 1 saturated carbocycles. The number of amides is 1. The van der Waals surface area contributed by atoms with Crippen molar-refractivity contribution in [2.45, 2.75) is 45.7 Å². The lowest BCUT2D eigenvalue weighted by molar-refractivity contribution is 0.0950. The van der Waals surface area contributed by atoms with Crippen molar-refractivity contribution >= 4 is 22.8 Å². The van der Waals surface area contributed by atoms with Gasteiger partial charge in [0.05, 0.1) is 23.2 Å². The summed E-state index contributed by atoms with van der Waals surface area (Å²) in [5.74, 6) is 0.952. The minimum atomic E-state index is -0.219. The van der Waals surface area contributed by atoms with Gasteiger partial charge in [-0.3, -0.25) is 9.78 Å².